The van der Waals surface area contributed by atoms with E-state index in [2.05, 4.69) is 4.98 Å². The minimum Gasteiger partial charge on any atom is -0.299 e. The van der Waals surface area contributed by atoms with Crippen LogP contribution in [0.25, 0.3) is 17.1 Å². The predicted octanol–water partition coefficient (Wildman–Crippen LogP) is 4.07. The zero-order valence-corrected chi connectivity index (χ0v) is 16.8. The van der Waals surface area contributed by atoms with Gasteiger partial charge in [0.05, 0.1) is 4.90 Å². The van der Waals surface area contributed by atoms with Crippen molar-refractivity contribution < 1.29 is 17.2 Å². The van der Waals surface area contributed by atoms with Crippen LogP contribution < -0.4 is 5.14 Å². The molecule has 0 saturated heterocycles. The first-order valence-electron chi connectivity index (χ1n) is 7.63. The van der Waals surface area contributed by atoms with E-state index in [0.717, 1.165) is 5.56 Å². The Hall–Kier alpha value is -1.86. The van der Waals surface area contributed by atoms with Gasteiger partial charge in [-0.3, -0.25) is 4.57 Å². The summed E-state index contributed by atoms with van der Waals surface area (Å²) in [5, 5.41) is 5.57. The Morgan fingerprint density at radius 1 is 1.19 bits per heavy atom. The second kappa shape index (κ2) is 6.95. The van der Waals surface area contributed by atoms with Crippen LogP contribution in [-0.2, 0) is 15.7 Å². The third-order valence-corrected chi connectivity index (χ3v) is 5.55. The maximum Gasteiger partial charge on any atom is 0.301 e. The molecule has 142 valence electrons. The van der Waals surface area contributed by atoms with Gasteiger partial charge in [-0.15, -0.1) is 0 Å². The molecule has 1 atom stereocenters. The Balaban J connectivity index is 2.19. The molecule has 0 saturated carbocycles. The van der Waals surface area contributed by atoms with Gasteiger partial charge in [0.2, 0.25) is 10.0 Å². The number of halogens is 3. The number of imidazole rings is 1. The molecule has 27 heavy (non-hydrogen) atoms. The maximum absolute atomic E-state index is 13.8. The van der Waals surface area contributed by atoms with E-state index < -0.39 is 21.4 Å². The van der Waals surface area contributed by atoms with Gasteiger partial charge in [-0.2, -0.15) is 8.78 Å². The van der Waals surface area contributed by atoms with Gasteiger partial charge in [0.15, 0.2) is 0 Å². The first-order valence-corrected chi connectivity index (χ1v) is 10.1. The molecular weight excluding hydrogens is 415 g/mol. The van der Waals surface area contributed by atoms with Gasteiger partial charge in [0.25, 0.3) is 0 Å². The number of primary sulfonamides is 1. The van der Waals surface area contributed by atoms with Crippen LogP contribution in [0.3, 0.4) is 0 Å². The molecule has 0 aliphatic carbocycles. The van der Waals surface area contributed by atoms with E-state index in [1.165, 1.54) is 44.3 Å². The van der Waals surface area contributed by atoms with Crippen LogP contribution in [0.1, 0.15) is 11.3 Å². The van der Waals surface area contributed by atoms with Gasteiger partial charge in [0, 0.05) is 22.5 Å². The lowest BCUT2D eigenvalue weighted by molar-refractivity contribution is 0.0991. The molecule has 3 aromatic rings. The SMILES string of the molecule is Cc1ccc(-c2nc(C(F)(F)P)cn2-c2ccc(S(N)(=O)=O)cc2)cc1Cl. The molecule has 0 aliphatic rings. The molecular formula is C17H15ClF2N3O2PS. The number of alkyl halides is 2. The number of benzene rings is 2. The average molecular weight is 430 g/mol. The topological polar surface area (TPSA) is 78.0 Å². The van der Waals surface area contributed by atoms with Crippen LogP contribution in [-0.4, -0.2) is 18.0 Å². The molecule has 5 nitrogen and oxygen atoms in total. The van der Waals surface area contributed by atoms with Crippen molar-refractivity contribution >= 4 is 30.9 Å². The average Bonchev–Trinajstić information content (AvgIpc) is 3.02. The Bertz CT molecular complexity index is 1110. The molecule has 0 spiro atoms. The minimum atomic E-state index is -3.86. The first kappa shape index (κ1) is 19.9. The van der Waals surface area contributed by atoms with Crippen LogP contribution >= 0.6 is 20.8 Å². The predicted molar refractivity (Wildman–Crippen MR) is 104 cm³/mol. The van der Waals surface area contributed by atoms with E-state index in [1.54, 1.807) is 18.2 Å². The number of nitrogens with two attached hydrogens (primary N) is 1. The quantitative estimate of drug-likeness (QED) is 0.635. The van der Waals surface area contributed by atoms with E-state index in [1.807, 2.05) is 6.92 Å². The van der Waals surface area contributed by atoms with E-state index in [-0.39, 0.29) is 10.7 Å². The fourth-order valence-corrected chi connectivity index (χ4v) is 3.30. The van der Waals surface area contributed by atoms with Crippen molar-refractivity contribution in [1.29, 1.82) is 0 Å². The number of hydrogen-bond acceptors (Lipinski definition) is 3. The smallest absolute Gasteiger partial charge is 0.299 e. The van der Waals surface area contributed by atoms with Crippen molar-refractivity contribution in [3.8, 4) is 17.1 Å². The van der Waals surface area contributed by atoms with Crippen molar-refractivity contribution in [2.75, 3.05) is 0 Å². The monoisotopic (exact) mass is 429 g/mol. The van der Waals surface area contributed by atoms with Gasteiger partial charge < -0.3 is 0 Å². The van der Waals surface area contributed by atoms with Gasteiger partial charge in [-0.05, 0) is 42.8 Å². The molecule has 1 unspecified atom stereocenters. The molecule has 3 rings (SSSR count). The summed E-state index contributed by atoms with van der Waals surface area (Å²) in [6, 6.07) is 10.7. The number of rotatable bonds is 4. The van der Waals surface area contributed by atoms with Crippen molar-refractivity contribution in [2.45, 2.75) is 17.5 Å². The lowest BCUT2D eigenvalue weighted by Gasteiger charge is -2.09. The largest absolute Gasteiger partial charge is 0.301 e. The fourth-order valence-electron chi connectivity index (χ4n) is 2.47. The summed E-state index contributed by atoms with van der Waals surface area (Å²) in [5.41, 5.74) is -1.85. The molecule has 0 amide bonds. The summed E-state index contributed by atoms with van der Waals surface area (Å²) in [5.74, 6) is 0.248. The summed E-state index contributed by atoms with van der Waals surface area (Å²) in [6.07, 6.45) is 1.20. The zero-order valence-electron chi connectivity index (χ0n) is 14.0. The highest BCUT2D eigenvalue weighted by Gasteiger charge is 2.30. The van der Waals surface area contributed by atoms with Crippen LogP contribution in [0.2, 0.25) is 5.02 Å². The molecule has 1 heterocycles. The van der Waals surface area contributed by atoms with E-state index >= 15 is 0 Å². The Labute approximate surface area is 162 Å². The third-order valence-electron chi connectivity index (χ3n) is 3.92. The summed E-state index contributed by atoms with van der Waals surface area (Å²) in [4.78, 5) is 3.98. The molecule has 2 aromatic carbocycles. The highest BCUT2D eigenvalue weighted by atomic mass is 35.5. The molecule has 0 aliphatic heterocycles. The van der Waals surface area contributed by atoms with Crippen LogP contribution in [0.15, 0.2) is 53.6 Å². The molecule has 0 fully saturated rings. The standard InChI is InChI=1S/C17H15ClF2N3O2PS/c1-10-2-3-11(8-14(10)18)16-22-15(17(19,20)26)9-23(16)12-4-6-13(7-5-12)27(21,24)25/h2-9H,26H2,1H3,(H2,21,24,25). The number of nitrogens with zero attached hydrogens (tertiary/aromatic N) is 2. The summed E-state index contributed by atoms with van der Waals surface area (Å²) in [6.45, 7) is 1.83. The third kappa shape index (κ3) is 4.19. The molecule has 2 N–H and O–H groups in total. The van der Waals surface area contributed by atoms with Crippen molar-refractivity contribution in [1.82, 2.24) is 9.55 Å². The lowest BCUT2D eigenvalue weighted by Crippen LogP contribution is -2.12. The highest BCUT2D eigenvalue weighted by molar-refractivity contribution is 7.89. The summed E-state index contributed by atoms with van der Waals surface area (Å²) < 4.78 is 51.9. The van der Waals surface area contributed by atoms with Crippen molar-refractivity contribution in [3.05, 3.63) is 64.9 Å². The number of aromatic nitrogens is 2. The van der Waals surface area contributed by atoms with E-state index in [4.69, 9.17) is 16.7 Å². The fraction of sp³-hybridized carbons (Fsp3) is 0.118. The minimum absolute atomic E-state index is 0.0807. The Morgan fingerprint density at radius 3 is 2.33 bits per heavy atom. The van der Waals surface area contributed by atoms with Crippen molar-refractivity contribution in [2.24, 2.45) is 5.14 Å². The molecule has 1 aromatic heterocycles. The van der Waals surface area contributed by atoms with E-state index in [9.17, 15) is 17.2 Å². The normalized spacial score (nSPS) is 12.4. The second-order valence-electron chi connectivity index (χ2n) is 5.95. The second-order valence-corrected chi connectivity index (χ2v) is 8.64. The Morgan fingerprint density at radius 2 is 1.81 bits per heavy atom. The summed E-state index contributed by atoms with van der Waals surface area (Å²) >= 11 is 6.16. The van der Waals surface area contributed by atoms with E-state index in [0.29, 0.717) is 16.3 Å². The number of aryl methyl sites for hydroxylation is 1. The summed E-state index contributed by atoms with van der Waals surface area (Å²) in [7, 11) is -2.41. The van der Waals surface area contributed by atoms with Gasteiger partial charge in [-0.25, -0.2) is 18.5 Å². The molecule has 0 bridgehead atoms. The van der Waals surface area contributed by atoms with Crippen LogP contribution in [0.5, 0.6) is 0 Å². The number of sulfonamides is 1. The van der Waals surface area contributed by atoms with Gasteiger partial charge in [0.1, 0.15) is 11.5 Å². The molecule has 0 radical (unpaired) electrons. The lowest BCUT2D eigenvalue weighted by atomic mass is 10.1. The molecule has 10 heteroatoms. The highest BCUT2D eigenvalue weighted by Crippen LogP contribution is 2.37. The Kier molecular flexibility index (Phi) is 5.12. The number of hydrogen-bond donors (Lipinski definition) is 1. The zero-order chi connectivity index (χ0) is 20.0. The first-order chi connectivity index (χ1) is 12.5. The van der Waals surface area contributed by atoms with Gasteiger partial charge >= 0.3 is 5.66 Å². The van der Waals surface area contributed by atoms with Crippen molar-refractivity contribution in [3.63, 3.8) is 0 Å². The van der Waals surface area contributed by atoms with Crippen LogP contribution in [0, 0.1) is 6.92 Å². The van der Waals surface area contributed by atoms with Gasteiger partial charge in [-0.1, -0.05) is 33.0 Å². The van der Waals surface area contributed by atoms with Crippen LogP contribution in [0.4, 0.5) is 8.78 Å². The maximum atomic E-state index is 13.8.